The van der Waals surface area contributed by atoms with Gasteiger partial charge in [-0.25, -0.2) is 0 Å². The van der Waals surface area contributed by atoms with E-state index in [1.165, 1.54) is 5.57 Å². The quantitative estimate of drug-likeness (QED) is 0.786. The summed E-state index contributed by atoms with van der Waals surface area (Å²) in [5.41, 5.74) is 1.27. The third-order valence-electron chi connectivity index (χ3n) is 5.46. The lowest BCUT2D eigenvalue weighted by Crippen LogP contribution is -2.38. The third kappa shape index (κ3) is 3.28. The molecule has 1 aliphatic heterocycles. The lowest BCUT2D eigenvalue weighted by molar-refractivity contribution is -0.160. The number of ether oxygens (including phenoxy) is 1. The summed E-state index contributed by atoms with van der Waals surface area (Å²) >= 11 is 0. The Hall–Kier alpha value is -1.13. The third-order valence-corrected chi connectivity index (χ3v) is 5.46. The lowest BCUT2D eigenvalue weighted by Gasteiger charge is -2.41. The first-order valence-corrected chi connectivity index (χ1v) is 8.46. The van der Waals surface area contributed by atoms with Gasteiger partial charge in [-0.3, -0.25) is 4.79 Å². The van der Waals surface area contributed by atoms with Crippen molar-refractivity contribution in [2.45, 2.75) is 63.8 Å². The van der Waals surface area contributed by atoms with Gasteiger partial charge in [0, 0.05) is 12.3 Å². The van der Waals surface area contributed by atoms with Crippen LogP contribution in [0.3, 0.4) is 0 Å². The van der Waals surface area contributed by atoms with Gasteiger partial charge in [-0.15, -0.1) is 0 Å². The van der Waals surface area contributed by atoms with E-state index in [9.17, 15) is 15.0 Å². The second-order valence-electron chi connectivity index (χ2n) is 7.10. The molecule has 1 saturated heterocycles. The first kappa shape index (κ1) is 15.8. The fraction of sp³-hybridized carbons (Fsp3) is 0.722. The SMILES string of the molecule is C[C@H]1CC=C2C=CC[C@H](O)[C@@H]2[C@H]1CC[C@H]1C[C@@H](O)CC(=O)O1. The van der Waals surface area contributed by atoms with Gasteiger partial charge in [0.25, 0.3) is 0 Å². The molecule has 6 atom stereocenters. The van der Waals surface area contributed by atoms with Crippen molar-refractivity contribution in [3.05, 3.63) is 23.8 Å². The van der Waals surface area contributed by atoms with Gasteiger partial charge in [0.05, 0.1) is 18.6 Å². The summed E-state index contributed by atoms with van der Waals surface area (Å²) in [5.74, 6) is 0.858. The van der Waals surface area contributed by atoms with E-state index in [1.807, 2.05) is 0 Å². The van der Waals surface area contributed by atoms with Crippen LogP contribution in [0.5, 0.6) is 0 Å². The molecule has 0 amide bonds. The number of allylic oxidation sites excluding steroid dienone is 2. The van der Waals surface area contributed by atoms with Crippen molar-refractivity contribution in [1.29, 1.82) is 0 Å². The molecular weight excluding hydrogens is 280 g/mol. The number of hydrogen-bond acceptors (Lipinski definition) is 4. The number of aliphatic hydroxyl groups is 2. The van der Waals surface area contributed by atoms with Gasteiger partial charge in [-0.05, 0) is 43.1 Å². The summed E-state index contributed by atoms with van der Waals surface area (Å²) in [5, 5.41) is 20.1. The van der Waals surface area contributed by atoms with E-state index in [0.29, 0.717) is 18.3 Å². The van der Waals surface area contributed by atoms with Crippen LogP contribution in [-0.2, 0) is 9.53 Å². The highest BCUT2D eigenvalue weighted by Crippen LogP contribution is 2.43. The Balaban J connectivity index is 1.64. The Morgan fingerprint density at radius 3 is 2.86 bits per heavy atom. The van der Waals surface area contributed by atoms with Crippen molar-refractivity contribution in [3.8, 4) is 0 Å². The zero-order chi connectivity index (χ0) is 15.7. The molecule has 2 N–H and O–H groups in total. The predicted molar refractivity (Wildman–Crippen MR) is 83.0 cm³/mol. The minimum atomic E-state index is -0.561. The molecule has 0 saturated carbocycles. The van der Waals surface area contributed by atoms with Crippen molar-refractivity contribution in [3.63, 3.8) is 0 Å². The normalized spacial score (nSPS) is 41.6. The number of esters is 1. The smallest absolute Gasteiger partial charge is 0.308 e. The maximum atomic E-state index is 11.4. The molecule has 0 bridgehead atoms. The maximum Gasteiger partial charge on any atom is 0.308 e. The molecule has 3 aliphatic rings. The minimum Gasteiger partial charge on any atom is -0.462 e. The highest BCUT2D eigenvalue weighted by Gasteiger charge is 2.38. The fourth-order valence-electron chi connectivity index (χ4n) is 4.29. The number of rotatable bonds is 3. The van der Waals surface area contributed by atoms with E-state index in [1.54, 1.807) is 0 Å². The second-order valence-corrected chi connectivity index (χ2v) is 7.10. The summed E-state index contributed by atoms with van der Waals surface area (Å²) in [6.45, 7) is 2.24. The van der Waals surface area contributed by atoms with Crippen molar-refractivity contribution < 1.29 is 19.7 Å². The summed E-state index contributed by atoms with van der Waals surface area (Å²) in [7, 11) is 0. The van der Waals surface area contributed by atoms with Crippen molar-refractivity contribution >= 4 is 5.97 Å². The van der Waals surface area contributed by atoms with Crippen LogP contribution in [0.2, 0.25) is 0 Å². The molecule has 4 heteroatoms. The molecule has 22 heavy (non-hydrogen) atoms. The highest BCUT2D eigenvalue weighted by molar-refractivity contribution is 5.70. The fourth-order valence-corrected chi connectivity index (χ4v) is 4.29. The first-order chi connectivity index (χ1) is 10.5. The van der Waals surface area contributed by atoms with Crippen molar-refractivity contribution in [1.82, 2.24) is 0 Å². The zero-order valence-electron chi connectivity index (χ0n) is 13.1. The molecule has 0 aromatic carbocycles. The number of aliphatic hydroxyl groups excluding tert-OH is 2. The maximum absolute atomic E-state index is 11.4. The summed E-state index contributed by atoms with van der Waals surface area (Å²) in [4.78, 5) is 11.4. The topological polar surface area (TPSA) is 66.8 Å². The zero-order valence-corrected chi connectivity index (χ0v) is 13.1. The Kier molecular flexibility index (Phi) is 4.69. The molecule has 1 fully saturated rings. The van der Waals surface area contributed by atoms with Gasteiger partial charge < -0.3 is 14.9 Å². The van der Waals surface area contributed by atoms with Crippen LogP contribution in [0.4, 0.5) is 0 Å². The molecule has 0 aromatic heterocycles. The van der Waals surface area contributed by atoms with Gasteiger partial charge in [0.15, 0.2) is 0 Å². The van der Waals surface area contributed by atoms with E-state index in [4.69, 9.17) is 4.74 Å². The van der Waals surface area contributed by atoms with Crippen LogP contribution in [0.1, 0.15) is 45.4 Å². The van der Waals surface area contributed by atoms with E-state index in [2.05, 4.69) is 25.2 Å². The summed E-state index contributed by atoms with van der Waals surface area (Å²) < 4.78 is 5.36. The van der Waals surface area contributed by atoms with Gasteiger partial charge in [-0.1, -0.05) is 25.2 Å². The molecule has 4 nitrogen and oxygen atoms in total. The van der Waals surface area contributed by atoms with Crippen LogP contribution in [-0.4, -0.2) is 34.5 Å². The van der Waals surface area contributed by atoms with Gasteiger partial charge >= 0.3 is 5.97 Å². The van der Waals surface area contributed by atoms with Gasteiger partial charge in [-0.2, -0.15) is 0 Å². The van der Waals surface area contributed by atoms with Gasteiger partial charge in [0.1, 0.15) is 6.10 Å². The second kappa shape index (κ2) is 6.55. The molecular formula is C18H26O4. The Morgan fingerprint density at radius 1 is 1.27 bits per heavy atom. The molecule has 0 spiro atoms. The van der Waals surface area contributed by atoms with Crippen LogP contribution < -0.4 is 0 Å². The largest absolute Gasteiger partial charge is 0.462 e. The van der Waals surface area contributed by atoms with E-state index in [-0.39, 0.29) is 30.5 Å². The predicted octanol–water partition coefficient (Wildman–Crippen LogP) is 2.35. The molecule has 2 aliphatic carbocycles. The van der Waals surface area contributed by atoms with Gasteiger partial charge in [0.2, 0.25) is 0 Å². The average molecular weight is 306 g/mol. The first-order valence-electron chi connectivity index (χ1n) is 8.46. The van der Waals surface area contributed by atoms with Crippen LogP contribution in [0, 0.1) is 17.8 Å². The summed E-state index contributed by atoms with van der Waals surface area (Å²) in [6, 6.07) is 0. The number of hydrogen-bond donors (Lipinski definition) is 2. The number of carbonyl (C=O) groups excluding carboxylic acids is 1. The Bertz CT molecular complexity index is 481. The molecule has 3 rings (SSSR count). The summed E-state index contributed by atoms with van der Waals surface area (Å²) in [6.07, 6.45) is 9.57. The minimum absolute atomic E-state index is 0.120. The van der Waals surface area contributed by atoms with Crippen LogP contribution in [0.25, 0.3) is 0 Å². The highest BCUT2D eigenvalue weighted by atomic mass is 16.5. The van der Waals surface area contributed by atoms with E-state index in [0.717, 1.165) is 25.7 Å². The van der Waals surface area contributed by atoms with Crippen LogP contribution >= 0.6 is 0 Å². The van der Waals surface area contributed by atoms with Crippen LogP contribution in [0.15, 0.2) is 23.8 Å². The Labute approximate surface area is 131 Å². The van der Waals surface area contributed by atoms with E-state index < -0.39 is 6.10 Å². The average Bonchev–Trinajstić information content (AvgIpc) is 2.46. The molecule has 122 valence electrons. The molecule has 0 unspecified atom stereocenters. The molecule has 1 heterocycles. The molecule has 0 aromatic rings. The van der Waals surface area contributed by atoms with E-state index >= 15 is 0 Å². The Morgan fingerprint density at radius 2 is 2.09 bits per heavy atom. The standard InChI is InChI=1S/C18H26O4/c1-11-5-6-12-3-2-4-16(20)18(12)15(11)8-7-14-9-13(19)10-17(21)22-14/h2-3,6,11,13-16,18-20H,4-5,7-10H2,1H3/t11-,13+,14-,15-,16-,18-/m0/s1. The number of cyclic esters (lactones) is 1. The van der Waals surface area contributed by atoms with Crippen molar-refractivity contribution in [2.24, 2.45) is 17.8 Å². The molecule has 0 radical (unpaired) electrons. The van der Waals surface area contributed by atoms with Crippen molar-refractivity contribution in [2.75, 3.05) is 0 Å². The number of carbonyl (C=O) groups is 1. The lowest BCUT2D eigenvalue weighted by atomic mass is 9.66. The number of fused-ring (bicyclic) bond motifs is 1. The monoisotopic (exact) mass is 306 g/mol.